The number of rotatable bonds is 5. The Morgan fingerprint density at radius 2 is 1.74 bits per heavy atom. The molecule has 186 valence electrons. The van der Waals surface area contributed by atoms with Gasteiger partial charge in [0.05, 0.1) is 18.5 Å². The standard InChI is InChI=1S/C26H32N4O5/c1-17(2)23-26(34)28-14-15-35-21-11-7-6-10-19(21)24(32)29-20(16-22(31)30-23)25(33)27-13-12-18-8-4-3-5-9-18/h3-11,17,20,23H,12-16H2,1-2H3,(H,27,33)(H,28,34)(H,29,32)(H,30,31)/t20-,23+/m0/s1. The summed E-state index contributed by atoms with van der Waals surface area (Å²) in [6, 6.07) is 14.4. The number of hydrogen-bond acceptors (Lipinski definition) is 5. The number of fused-ring (bicyclic) bond motifs is 1. The molecule has 35 heavy (non-hydrogen) atoms. The average molecular weight is 481 g/mol. The first-order valence-corrected chi connectivity index (χ1v) is 11.8. The SMILES string of the molecule is CC(C)[C@H]1NC(=O)C[C@@H](C(=O)NCCc2ccccc2)NC(=O)c2ccccc2OCCNC1=O. The minimum Gasteiger partial charge on any atom is -0.491 e. The molecule has 4 N–H and O–H groups in total. The van der Waals surface area contributed by atoms with Crippen LogP contribution in [0.5, 0.6) is 5.75 Å². The Bertz CT molecular complexity index is 1040. The Labute approximate surface area is 205 Å². The zero-order valence-corrected chi connectivity index (χ0v) is 20.0. The van der Waals surface area contributed by atoms with Crippen LogP contribution in [0.2, 0.25) is 0 Å². The number of carbonyl (C=O) groups is 4. The van der Waals surface area contributed by atoms with E-state index in [1.54, 1.807) is 24.3 Å². The maximum atomic E-state index is 13.0. The van der Waals surface area contributed by atoms with Gasteiger partial charge in [0.2, 0.25) is 17.7 Å². The topological polar surface area (TPSA) is 126 Å². The fourth-order valence-electron chi connectivity index (χ4n) is 3.72. The molecule has 2 atom stereocenters. The van der Waals surface area contributed by atoms with Gasteiger partial charge in [0, 0.05) is 6.54 Å². The molecule has 0 saturated heterocycles. The summed E-state index contributed by atoms with van der Waals surface area (Å²) in [4.78, 5) is 51.5. The van der Waals surface area contributed by atoms with Crippen molar-refractivity contribution in [2.24, 2.45) is 5.92 Å². The first-order chi connectivity index (χ1) is 16.8. The lowest BCUT2D eigenvalue weighted by atomic mass is 10.0. The third-order valence-electron chi connectivity index (χ3n) is 5.62. The van der Waals surface area contributed by atoms with E-state index in [1.165, 1.54) is 0 Å². The van der Waals surface area contributed by atoms with Crippen LogP contribution in [0.25, 0.3) is 0 Å². The Kier molecular flexibility index (Phi) is 9.23. The van der Waals surface area contributed by atoms with E-state index in [-0.39, 0.29) is 37.0 Å². The van der Waals surface area contributed by atoms with Gasteiger partial charge in [0.1, 0.15) is 24.4 Å². The highest BCUT2D eigenvalue weighted by atomic mass is 16.5. The highest BCUT2D eigenvalue weighted by molar-refractivity contribution is 6.01. The normalized spacial score (nSPS) is 19.3. The lowest BCUT2D eigenvalue weighted by Crippen LogP contribution is -2.54. The van der Waals surface area contributed by atoms with Gasteiger partial charge in [-0.25, -0.2) is 0 Å². The van der Waals surface area contributed by atoms with Gasteiger partial charge in [-0.05, 0) is 30.0 Å². The van der Waals surface area contributed by atoms with Gasteiger partial charge in [0.25, 0.3) is 5.91 Å². The summed E-state index contributed by atoms with van der Waals surface area (Å²) < 4.78 is 5.71. The van der Waals surface area contributed by atoms with E-state index >= 15 is 0 Å². The molecule has 0 aliphatic carbocycles. The van der Waals surface area contributed by atoms with Gasteiger partial charge < -0.3 is 26.0 Å². The number of hydrogen-bond donors (Lipinski definition) is 4. The predicted molar refractivity (Wildman–Crippen MR) is 131 cm³/mol. The van der Waals surface area contributed by atoms with Crippen molar-refractivity contribution in [3.63, 3.8) is 0 Å². The summed E-state index contributed by atoms with van der Waals surface area (Å²) in [5.41, 5.74) is 1.29. The zero-order valence-electron chi connectivity index (χ0n) is 20.0. The molecule has 4 amide bonds. The molecule has 0 fully saturated rings. The summed E-state index contributed by atoms with van der Waals surface area (Å²) in [6.45, 7) is 4.32. The van der Waals surface area contributed by atoms with Crippen molar-refractivity contribution in [1.82, 2.24) is 21.3 Å². The molecule has 9 nitrogen and oxygen atoms in total. The van der Waals surface area contributed by atoms with Crippen molar-refractivity contribution < 1.29 is 23.9 Å². The van der Waals surface area contributed by atoms with Crippen molar-refractivity contribution in [3.05, 3.63) is 65.7 Å². The average Bonchev–Trinajstić information content (AvgIpc) is 2.84. The van der Waals surface area contributed by atoms with E-state index in [1.807, 2.05) is 44.2 Å². The molecule has 0 bridgehead atoms. The van der Waals surface area contributed by atoms with E-state index in [9.17, 15) is 19.2 Å². The van der Waals surface area contributed by atoms with Crippen LogP contribution in [0, 0.1) is 5.92 Å². The number of amides is 4. The van der Waals surface area contributed by atoms with Crippen LogP contribution in [-0.2, 0) is 20.8 Å². The number of ether oxygens (including phenoxy) is 1. The lowest BCUT2D eigenvalue weighted by Gasteiger charge is -2.24. The lowest BCUT2D eigenvalue weighted by molar-refractivity contribution is -0.131. The Balaban J connectivity index is 1.79. The molecule has 3 rings (SSSR count). The molecule has 0 spiro atoms. The van der Waals surface area contributed by atoms with E-state index in [0.717, 1.165) is 5.56 Å². The molecule has 0 aromatic heterocycles. The van der Waals surface area contributed by atoms with E-state index in [0.29, 0.717) is 18.7 Å². The van der Waals surface area contributed by atoms with Gasteiger partial charge in [-0.1, -0.05) is 56.3 Å². The van der Waals surface area contributed by atoms with Crippen molar-refractivity contribution in [2.45, 2.75) is 38.8 Å². The van der Waals surface area contributed by atoms with Crippen molar-refractivity contribution >= 4 is 23.6 Å². The molecular formula is C26H32N4O5. The molecular weight excluding hydrogens is 448 g/mol. The fraction of sp³-hybridized carbons (Fsp3) is 0.385. The van der Waals surface area contributed by atoms with Gasteiger partial charge in [0.15, 0.2) is 0 Å². The van der Waals surface area contributed by atoms with Crippen LogP contribution in [0.15, 0.2) is 54.6 Å². The molecule has 0 saturated carbocycles. The summed E-state index contributed by atoms with van der Waals surface area (Å²) in [6.07, 6.45) is 0.286. The van der Waals surface area contributed by atoms with Crippen LogP contribution in [-0.4, -0.2) is 55.4 Å². The minimum atomic E-state index is -1.13. The maximum Gasteiger partial charge on any atom is 0.255 e. The van der Waals surface area contributed by atoms with E-state index in [2.05, 4.69) is 21.3 Å². The van der Waals surface area contributed by atoms with Crippen LogP contribution in [0.1, 0.15) is 36.2 Å². The van der Waals surface area contributed by atoms with Crippen molar-refractivity contribution in [2.75, 3.05) is 19.7 Å². The second-order valence-electron chi connectivity index (χ2n) is 8.68. The van der Waals surface area contributed by atoms with Crippen molar-refractivity contribution in [3.8, 4) is 5.75 Å². The second-order valence-corrected chi connectivity index (χ2v) is 8.68. The largest absolute Gasteiger partial charge is 0.491 e. The first-order valence-electron chi connectivity index (χ1n) is 11.8. The van der Waals surface area contributed by atoms with E-state index < -0.39 is 29.8 Å². The molecule has 1 aliphatic rings. The van der Waals surface area contributed by atoms with Crippen LogP contribution < -0.4 is 26.0 Å². The first kappa shape index (κ1) is 25.7. The quantitative estimate of drug-likeness (QED) is 0.512. The number of para-hydroxylation sites is 1. The van der Waals surface area contributed by atoms with Gasteiger partial charge in [-0.3, -0.25) is 19.2 Å². The zero-order chi connectivity index (χ0) is 25.2. The highest BCUT2D eigenvalue weighted by Gasteiger charge is 2.29. The highest BCUT2D eigenvalue weighted by Crippen LogP contribution is 2.18. The smallest absolute Gasteiger partial charge is 0.255 e. The third kappa shape index (κ3) is 7.56. The molecule has 0 radical (unpaired) electrons. The number of benzene rings is 2. The third-order valence-corrected chi connectivity index (χ3v) is 5.62. The van der Waals surface area contributed by atoms with Gasteiger partial charge in [-0.15, -0.1) is 0 Å². The minimum absolute atomic E-state index is 0.137. The molecule has 0 unspecified atom stereocenters. The van der Waals surface area contributed by atoms with Crippen LogP contribution in [0.4, 0.5) is 0 Å². The van der Waals surface area contributed by atoms with Crippen molar-refractivity contribution in [1.29, 1.82) is 0 Å². The molecule has 9 heteroatoms. The van der Waals surface area contributed by atoms with E-state index in [4.69, 9.17) is 4.74 Å². The Morgan fingerprint density at radius 3 is 2.49 bits per heavy atom. The molecule has 2 aromatic rings. The maximum absolute atomic E-state index is 13.0. The Hall–Kier alpha value is -3.88. The molecule has 1 aliphatic heterocycles. The molecule has 2 aromatic carbocycles. The Morgan fingerprint density at radius 1 is 1.03 bits per heavy atom. The summed E-state index contributed by atoms with van der Waals surface area (Å²) in [7, 11) is 0. The number of nitrogens with one attached hydrogen (secondary N) is 4. The summed E-state index contributed by atoms with van der Waals surface area (Å²) in [5, 5.41) is 10.9. The van der Waals surface area contributed by atoms with Gasteiger partial charge in [-0.2, -0.15) is 0 Å². The summed E-state index contributed by atoms with van der Waals surface area (Å²) >= 11 is 0. The van der Waals surface area contributed by atoms with Crippen LogP contribution >= 0.6 is 0 Å². The van der Waals surface area contributed by atoms with Crippen LogP contribution in [0.3, 0.4) is 0 Å². The fourth-order valence-corrected chi connectivity index (χ4v) is 3.72. The van der Waals surface area contributed by atoms with Gasteiger partial charge >= 0.3 is 0 Å². The summed E-state index contributed by atoms with van der Waals surface area (Å²) in [5.74, 6) is -1.72. The second kappa shape index (κ2) is 12.5. The monoisotopic (exact) mass is 480 g/mol. The predicted octanol–water partition coefficient (Wildman–Crippen LogP) is 1.18. The number of carbonyl (C=O) groups excluding carboxylic acids is 4. The molecule has 1 heterocycles.